The van der Waals surface area contributed by atoms with Crippen LogP contribution in [0.15, 0.2) is 52.1 Å². The van der Waals surface area contributed by atoms with Gasteiger partial charge in [-0.15, -0.1) is 10.2 Å². The molecule has 2 aromatic carbocycles. The number of halogens is 1. The number of para-hydroxylation sites is 2. The van der Waals surface area contributed by atoms with Gasteiger partial charge in [-0.1, -0.05) is 53.7 Å². The van der Waals surface area contributed by atoms with E-state index in [1.165, 1.54) is 11.8 Å². The number of nitrogens with one attached hydrogen (secondary N) is 1. The number of nitrogens with zero attached hydrogens (tertiary/aromatic N) is 3. The molecule has 164 valence electrons. The van der Waals surface area contributed by atoms with Gasteiger partial charge < -0.3 is 19.4 Å². The molecule has 0 radical (unpaired) electrons. The number of methoxy groups -OCH3 is 1. The Morgan fingerprint density at radius 1 is 1.19 bits per heavy atom. The summed E-state index contributed by atoms with van der Waals surface area (Å²) in [6, 6.07) is 13.3. The van der Waals surface area contributed by atoms with E-state index in [0.717, 1.165) is 15.7 Å². The van der Waals surface area contributed by atoms with E-state index in [1.54, 1.807) is 7.11 Å². The Kier molecular flexibility index (Phi) is 7.97. The monoisotopic (exact) mass is 504 g/mol. The number of ether oxygens (including phenoxy) is 2. The highest BCUT2D eigenvalue weighted by Crippen LogP contribution is 2.29. The largest absolute Gasteiger partial charge is 0.493 e. The van der Waals surface area contributed by atoms with Gasteiger partial charge in [-0.05, 0) is 41.8 Å². The summed E-state index contributed by atoms with van der Waals surface area (Å²) in [6.07, 6.45) is 0. The second-order valence-corrected chi connectivity index (χ2v) is 8.98. The van der Waals surface area contributed by atoms with Crippen LogP contribution in [0.4, 0.5) is 5.69 Å². The van der Waals surface area contributed by atoms with Gasteiger partial charge in [0.05, 0.1) is 12.9 Å². The zero-order valence-corrected chi connectivity index (χ0v) is 20.3. The maximum atomic E-state index is 12.5. The highest BCUT2D eigenvalue weighted by molar-refractivity contribution is 9.10. The van der Waals surface area contributed by atoms with Crippen molar-refractivity contribution in [3.63, 3.8) is 0 Å². The normalized spacial score (nSPS) is 10.9. The highest BCUT2D eigenvalue weighted by Gasteiger charge is 2.15. The maximum Gasteiger partial charge on any atom is 0.234 e. The minimum Gasteiger partial charge on any atom is -0.493 e. The molecule has 9 heteroatoms. The summed E-state index contributed by atoms with van der Waals surface area (Å²) in [4.78, 5) is 12.5. The van der Waals surface area contributed by atoms with Gasteiger partial charge in [-0.2, -0.15) is 0 Å². The summed E-state index contributed by atoms with van der Waals surface area (Å²) in [5.74, 6) is 2.38. The first-order chi connectivity index (χ1) is 14.9. The zero-order valence-electron chi connectivity index (χ0n) is 17.9. The fraction of sp³-hybridized carbons (Fsp3) is 0.318. The molecule has 0 aliphatic heterocycles. The molecule has 3 rings (SSSR count). The standard InChI is InChI=1S/C22H25BrN4O3S/c1-14(2)16-11-15(23)9-10-17(16)24-21(28)13-31-22-26-25-20(27(22)3)12-30-19-8-6-5-7-18(19)29-4/h5-11,14H,12-13H2,1-4H3,(H,24,28). The molecule has 0 aliphatic carbocycles. The molecule has 0 bridgehead atoms. The first kappa shape index (κ1) is 23.1. The van der Waals surface area contributed by atoms with Gasteiger partial charge in [0.15, 0.2) is 22.5 Å². The van der Waals surface area contributed by atoms with E-state index in [0.29, 0.717) is 28.4 Å². The SMILES string of the molecule is COc1ccccc1OCc1nnc(SCC(=O)Nc2ccc(Br)cc2C(C)C)n1C. The number of hydrogen-bond donors (Lipinski definition) is 1. The van der Waals surface area contributed by atoms with E-state index in [1.807, 2.05) is 54.1 Å². The minimum absolute atomic E-state index is 0.0935. The van der Waals surface area contributed by atoms with Crippen LogP contribution in [0.3, 0.4) is 0 Å². The lowest BCUT2D eigenvalue weighted by atomic mass is 10.0. The van der Waals surface area contributed by atoms with E-state index >= 15 is 0 Å². The first-order valence-corrected chi connectivity index (χ1v) is 11.5. The van der Waals surface area contributed by atoms with Gasteiger partial charge >= 0.3 is 0 Å². The quantitative estimate of drug-likeness (QED) is 0.412. The Hall–Kier alpha value is -2.52. The van der Waals surface area contributed by atoms with Crippen molar-refractivity contribution in [3.8, 4) is 11.5 Å². The molecular formula is C22H25BrN4O3S. The second-order valence-electron chi connectivity index (χ2n) is 7.12. The average molecular weight is 505 g/mol. The average Bonchev–Trinajstić information content (AvgIpc) is 3.11. The topological polar surface area (TPSA) is 78.3 Å². The molecule has 1 heterocycles. The van der Waals surface area contributed by atoms with Crippen molar-refractivity contribution in [2.75, 3.05) is 18.2 Å². The van der Waals surface area contributed by atoms with Crippen molar-refractivity contribution < 1.29 is 14.3 Å². The summed E-state index contributed by atoms with van der Waals surface area (Å²) in [5, 5.41) is 12.0. The van der Waals surface area contributed by atoms with Crippen molar-refractivity contribution in [2.24, 2.45) is 7.05 Å². The van der Waals surface area contributed by atoms with Gasteiger partial charge in [0.1, 0.15) is 6.61 Å². The second kappa shape index (κ2) is 10.7. The Morgan fingerprint density at radius 3 is 2.65 bits per heavy atom. The summed E-state index contributed by atoms with van der Waals surface area (Å²) in [6.45, 7) is 4.44. The number of thioether (sulfide) groups is 1. The van der Waals surface area contributed by atoms with Gasteiger partial charge in [0.2, 0.25) is 5.91 Å². The van der Waals surface area contributed by atoms with E-state index in [4.69, 9.17) is 9.47 Å². The number of anilines is 1. The van der Waals surface area contributed by atoms with Gasteiger partial charge in [-0.3, -0.25) is 4.79 Å². The third-order valence-electron chi connectivity index (χ3n) is 4.59. The van der Waals surface area contributed by atoms with Crippen LogP contribution in [-0.2, 0) is 18.4 Å². The third-order valence-corrected chi connectivity index (χ3v) is 6.11. The number of rotatable bonds is 9. The van der Waals surface area contributed by atoms with Crippen LogP contribution >= 0.6 is 27.7 Å². The lowest BCUT2D eigenvalue weighted by Crippen LogP contribution is -2.16. The molecule has 7 nitrogen and oxygen atoms in total. The van der Waals surface area contributed by atoms with Crippen LogP contribution in [-0.4, -0.2) is 33.5 Å². The van der Waals surface area contributed by atoms with Gasteiger partial charge in [-0.25, -0.2) is 0 Å². The Labute approximate surface area is 194 Å². The van der Waals surface area contributed by atoms with Crippen LogP contribution in [0.25, 0.3) is 0 Å². The van der Waals surface area contributed by atoms with Crippen LogP contribution in [0.2, 0.25) is 0 Å². The predicted octanol–water partition coefficient (Wildman–Crippen LogP) is 5.02. The van der Waals surface area contributed by atoms with Crippen LogP contribution < -0.4 is 14.8 Å². The minimum atomic E-state index is -0.0935. The van der Waals surface area contributed by atoms with Crippen LogP contribution in [0.1, 0.15) is 31.2 Å². The molecule has 0 aliphatic rings. The lowest BCUT2D eigenvalue weighted by molar-refractivity contribution is -0.113. The van der Waals surface area contributed by atoms with Gasteiger partial charge in [0, 0.05) is 17.2 Å². The zero-order chi connectivity index (χ0) is 22.4. The van der Waals surface area contributed by atoms with E-state index < -0.39 is 0 Å². The van der Waals surface area contributed by atoms with E-state index in [9.17, 15) is 4.79 Å². The lowest BCUT2D eigenvalue weighted by Gasteiger charge is -2.14. The molecule has 0 atom stereocenters. The highest BCUT2D eigenvalue weighted by atomic mass is 79.9. The fourth-order valence-corrected chi connectivity index (χ4v) is 4.03. The molecule has 31 heavy (non-hydrogen) atoms. The number of carbonyl (C=O) groups is 1. The Morgan fingerprint density at radius 2 is 1.94 bits per heavy atom. The third kappa shape index (κ3) is 6.01. The molecule has 0 fully saturated rings. The summed E-state index contributed by atoms with van der Waals surface area (Å²) in [5.41, 5.74) is 1.91. The molecule has 0 spiro atoms. The van der Waals surface area contributed by atoms with Crippen molar-refractivity contribution >= 4 is 39.3 Å². The van der Waals surface area contributed by atoms with E-state index in [-0.39, 0.29) is 18.3 Å². The van der Waals surface area contributed by atoms with Crippen molar-refractivity contribution in [1.29, 1.82) is 0 Å². The summed E-state index contributed by atoms with van der Waals surface area (Å²) < 4.78 is 13.9. The van der Waals surface area contributed by atoms with Gasteiger partial charge in [0.25, 0.3) is 0 Å². The fourth-order valence-electron chi connectivity index (χ4n) is 2.92. The molecule has 0 saturated heterocycles. The molecule has 1 aromatic heterocycles. The van der Waals surface area contributed by atoms with Crippen molar-refractivity contribution in [1.82, 2.24) is 14.8 Å². The molecule has 3 aromatic rings. The molecule has 0 unspecified atom stereocenters. The molecule has 0 saturated carbocycles. The molecular weight excluding hydrogens is 480 g/mol. The number of aromatic nitrogens is 3. The number of carbonyl (C=O) groups excluding carboxylic acids is 1. The van der Waals surface area contributed by atoms with Crippen LogP contribution in [0, 0.1) is 0 Å². The summed E-state index contributed by atoms with van der Waals surface area (Å²) in [7, 11) is 3.45. The number of benzene rings is 2. The smallest absolute Gasteiger partial charge is 0.234 e. The molecule has 1 amide bonds. The number of amides is 1. The van der Waals surface area contributed by atoms with Crippen molar-refractivity contribution in [2.45, 2.75) is 31.5 Å². The van der Waals surface area contributed by atoms with E-state index in [2.05, 4.69) is 45.3 Å². The van der Waals surface area contributed by atoms with Crippen molar-refractivity contribution in [3.05, 3.63) is 58.3 Å². The first-order valence-electron chi connectivity index (χ1n) is 9.75. The van der Waals surface area contributed by atoms with Crippen LogP contribution in [0.5, 0.6) is 11.5 Å². The maximum absolute atomic E-state index is 12.5. The summed E-state index contributed by atoms with van der Waals surface area (Å²) >= 11 is 4.82. The number of hydrogen-bond acceptors (Lipinski definition) is 6. The Balaban J connectivity index is 1.58. The Bertz CT molecular complexity index is 1050. The molecule has 1 N–H and O–H groups in total. The predicted molar refractivity (Wildman–Crippen MR) is 126 cm³/mol.